The lowest BCUT2D eigenvalue weighted by Crippen LogP contribution is -2.35. The van der Waals surface area contributed by atoms with Crippen LogP contribution in [-0.2, 0) is 4.74 Å². The first-order valence-corrected chi connectivity index (χ1v) is 8.42. The molecule has 1 aromatic heterocycles. The predicted molar refractivity (Wildman–Crippen MR) is 98.1 cm³/mol. The van der Waals surface area contributed by atoms with E-state index in [4.69, 9.17) is 4.74 Å². The molecule has 1 atom stereocenters. The van der Waals surface area contributed by atoms with Gasteiger partial charge in [-0.05, 0) is 59.7 Å². The molecule has 0 aliphatic rings. The third-order valence-electron chi connectivity index (χ3n) is 4.02. The minimum Gasteiger partial charge on any atom is -0.383 e. The van der Waals surface area contributed by atoms with Gasteiger partial charge in [0.25, 0.3) is 5.91 Å². The van der Waals surface area contributed by atoms with E-state index in [-0.39, 0.29) is 17.8 Å². The standard InChI is InChI=1S/C19H20FN5O2/c1-12-4-5-17(18(20)6-12)14-7-15(19(26)22-13(2)10-27-3)9-16(8-14)25-11-21-23-24-25/h4-9,11,13H,10H2,1-3H3,(H,22,26)/t13-/m1/s1. The summed E-state index contributed by atoms with van der Waals surface area (Å²) in [5.74, 6) is -0.647. The molecular formula is C19H20FN5O2. The van der Waals surface area contributed by atoms with Crippen molar-refractivity contribution < 1.29 is 13.9 Å². The molecule has 1 amide bonds. The number of aryl methyl sites for hydroxylation is 1. The fraction of sp³-hybridized carbons (Fsp3) is 0.263. The molecule has 0 unspecified atom stereocenters. The maximum atomic E-state index is 14.5. The Bertz CT molecular complexity index is 943. The highest BCUT2D eigenvalue weighted by Crippen LogP contribution is 2.27. The Morgan fingerprint density at radius 2 is 2.11 bits per heavy atom. The van der Waals surface area contributed by atoms with Crippen molar-refractivity contribution in [2.75, 3.05) is 13.7 Å². The number of nitrogens with zero attached hydrogens (tertiary/aromatic N) is 4. The molecule has 2 aromatic carbocycles. The van der Waals surface area contributed by atoms with Crippen molar-refractivity contribution in [1.82, 2.24) is 25.5 Å². The molecule has 0 aliphatic heterocycles. The quantitative estimate of drug-likeness (QED) is 0.722. The van der Waals surface area contributed by atoms with Gasteiger partial charge in [0.05, 0.1) is 12.3 Å². The fourth-order valence-corrected chi connectivity index (χ4v) is 2.76. The van der Waals surface area contributed by atoms with Gasteiger partial charge in [-0.3, -0.25) is 4.79 Å². The van der Waals surface area contributed by atoms with E-state index >= 15 is 0 Å². The number of rotatable bonds is 6. The van der Waals surface area contributed by atoms with Gasteiger partial charge in [0.2, 0.25) is 0 Å². The number of carbonyl (C=O) groups is 1. The van der Waals surface area contributed by atoms with Crippen LogP contribution in [0.1, 0.15) is 22.8 Å². The van der Waals surface area contributed by atoms with Crippen molar-refractivity contribution in [3.05, 3.63) is 59.7 Å². The Labute approximate surface area is 156 Å². The van der Waals surface area contributed by atoms with Crippen molar-refractivity contribution in [2.24, 2.45) is 0 Å². The van der Waals surface area contributed by atoms with E-state index < -0.39 is 0 Å². The second kappa shape index (κ2) is 8.05. The lowest BCUT2D eigenvalue weighted by molar-refractivity contribution is 0.0905. The second-order valence-electron chi connectivity index (χ2n) is 6.34. The summed E-state index contributed by atoms with van der Waals surface area (Å²) in [7, 11) is 1.57. The van der Waals surface area contributed by atoms with Crippen molar-refractivity contribution in [2.45, 2.75) is 19.9 Å². The van der Waals surface area contributed by atoms with Gasteiger partial charge in [0, 0.05) is 24.3 Å². The van der Waals surface area contributed by atoms with Crippen LogP contribution >= 0.6 is 0 Å². The van der Waals surface area contributed by atoms with Gasteiger partial charge < -0.3 is 10.1 Å². The average molecular weight is 369 g/mol. The Kier molecular flexibility index (Phi) is 5.56. The molecule has 7 nitrogen and oxygen atoms in total. The normalized spacial score (nSPS) is 12.0. The zero-order chi connectivity index (χ0) is 19.4. The molecule has 0 spiro atoms. The summed E-state index contributed by atoms with van der Waals surface area (Å²) in [5.41, 5.74) is 2.71. The molecule has 0 bridgehead atoms. The van der Waals surface area contributed by atoms with Crippen LogP contribution in [0.4, 0.5) is 4.39 Å². The highest BCUT2D eigenvalue weighted by molar-refractivity contribution is 5.96. The first-order chi connectivity index (χ1) is 13.0. The van der Waals surface area contributed by atoms with Gasteiger partial charge in [-0.15, -0.1) is 5.10 Å². The molecule has 0 saturated heterocycles. The number of nitrogens with one attached hydrogen (secondary N) is 1. The maximum absolute atomic E-state index is 14.5. The summed E-state index contributed by atoms with van der Waals surface area (Å²) in [4.78, 5) is 12.7. The summed E-state index contributed by atoms with van der Waals surface area (Å²) >= 11 is 0. The largest absolute Gasteiger partial charge is 0.383 e. The third-order valence-corrected chi connectivity index (χ3v) is 4.02. The van der Waals surface area contributed by atoms with Crippen LogP contribution in [0.2, 0.25) is 0 Å². The van der Waals surface area contributed by atoms with Crippen LogP contribution in [0.5, 0.6) is 0 Å². The number of hydrogen-bond acceptors (Lipinski definition) is 5. The van der Waals surface area contributed by atoms with E-state index in [1.807, 2.05) is 19.9 Å². The number of hydrogen-bond donors (Lipinski definition) is 1. The SMILES string of the molecule is COC[C@@H](C)NC(=O)c1cc(-c2ccc(C)cc2F)cc(-n2cnnn2)c1. The maximum Gasteiger partial charge on any atom is 0.251 e. The van der Waals surface area contributed by atoms with Crippen LogP contribution in [0, 0.1) is 12.7 Å². The number of amides is 1. The van der Waals surface area contributed by atoms with E-state index in [9.17, 15) is 9.18 Å². The molecule has 0 aliphatic carbocycles. The van der Waals surface area contributed by atoms with Gasteiger partial charge in [0.15, 0.2) is 0 Å². The van der Waals surface area contributed by atoms with Gasteiger partial charge in [0.1, 0.15) is 12.1 Å². The smallest absolute Gasteiger partial charge is 0.251 e. The van der Waals surface area contributed by atoms with E-state index in [1.54, 1.807) is 31.4 Å². The molecule has 1 heterocycles. The van der Waals surface area contributed by atoms with Crippen LogP contribution in [0.15, 0.2) is 42.7 Å². The molecule has 1 N–H and O–H groups in total. The minimum absolute atomic E-state index is 0.168. The molecule has 140 valence electrons. The number of halogens is 1. The average Bonchev–Trinajstić information content (AvgIpc) is 3.16. The number of ether oxygens (including phenoxy) is 1. The monoisotopic (exact) mass is 369 g/mol. The van der Waals surface area contributed by atoms with E-state index in [0.717, 1.165) is 5.56 Å². The van der Waals surface area contributed by atoms with Crippen LogP contribution in [-0.4, -0.2) is 45.9 Å². The van der Waals surface area contributed by atoms with Gasteiger partial charge in [-0.25, -0.2) is 9.07 Å². The van der Waals surface area contributed by atoms with E-state index in [2.05, 4.69) is 20.8 Å². The lowest BCUT2D eigenvalue weighted by atomic mass is 10.00. The van der Waals surface area contributed by atoms with Crippen LogP contribution in [0.25, 0.3) is 16.8 Å². The Morgan fingerprint density at radius 3 is 2.78 bits per heavy atom. The molecule has 3 rings (SSSR count). The van der Waals surface area contributed by atoms with Crippen molar-refractivity contribution >= 4 is 5.91 Å². The van der Waals surface area contributed by atoms with E-state index in [1.165, 1.54) is 17.1 Å². The fourth-order valence-electron chi connectivity index (χ4n) is 2.76. The van der Waals surface area contributed by atoms with Crippen molar-refractivity contribution in [1.29, 1.82) is 0 Å². The Hall–Kier alpha value is -3.13. The van der Waals surface area contributed by atoms with Crippen molar-refractivity contribution in [3.63, 3.8) is 0 Å². The molecule has 0 radical (unpaired) electrons. The number of benzene rings is 2. The summed E-state index contributed by atoms with van der Waals surface area (Å²) < 4.78 is 21.0. The van der Waals surface area contributed by atoms with Crippen LogP contribution in [0.3, 0.4) is 0 Å². The Balaban J connectivity index is 2.05. The minimum atomic E-state index is -0.358. The summed E-state index contributed by atoms with van der Waals surface area (Å²) in [6.45, 7) is 4.05. The third kappa shape index (κ3) is 4.35. The molecule has 27 heavy (non-hydrogen) atoms. The predicted octanol–water partition coefficient (Wildman–Crippen LogP) is 2.54. The Morgan fingerprint density at radius 1 is 1.30 bits per heavy atom. The summed E-state index contributed by atoms with van der Waals surface area (Å²) in [6.07, 6.45) is 1.42. The molecule has 0 saturated carbocycles. The molecular weight excluding hydrogens is 349 g/mol. The highest BCUT2D eigenvalue weighted by atomic mass is 19.1. The molecule has 3 aromatic rings. The van der Waals surface area contributed by atoms with Crippen molar-refractivity contribution in [3.8, 4) is 16.8 Å². The van der Waals surface area contributed by atoms with Gasteiger partial charge in [-0.2, -0.15) is 0 Å². The molecule has 8 heteroatoms. The zero-order valence-electron chi connectivity index (χ0n) is 15.3. The number of carbonyl (C=O) groups excluding carboxylic acids is 1. The van der Waals surface area contributed by atoms with Gasteiger partial charge >= 0.3 is 0 Å². The summed E-state index contributed by atoms with van der Waals surface area (Å²) in [6, 6.07) is 9.84. The molecule has 0 fully saturated rings. The number of tetrazole rings is 1. The van der Waals surface area contributed by atoms with E-state index in [0.29, 0.717) is 29.0 Å². The second-order valence-corrected chi connectivity index (χ2v) is 6.34. The lowest BCUT2D eigenvalue weighted by Gasteiger charge is -2.15. The number of aromatic nitrogens is 4. The summed E-state index contributed by atoms with van der Waals surface area (Å²) in [5, 5.41) is 13.9. The van der Waals surface area contributed by atoms with Crippen LogP contribution < -0.4 is 5.32 Å². The number of methoxy groups -OCH3 is 1. The zero-order valence-corrected chi connectivity index (χ0v) is 15.3. The highest BCUT2D eigenvalue weighted by Gasteiger charge is 2.15. The first-order valence-electron chi connectivity index (χ1n) is 8.42. The topological polar surface area (TPSA) is 81.9 Å². The van der Waals surface area contributed by atoms with Gasteiger partial charge in [-0.1, -0.05) is 12.1 Å². The first kappa shape index (κ1) is 18.7.